The first-order chi connectivity index (χ1) is 9.28. The maximum atomic E-state index is 6.09. The largest absolute Gasteiger partial charge is 0.313 e. The third-order valence-electron chi connectivity index (χ3n) is 3.46. The van der Waals surface area contributed by atoms with Crippen LogP contribution in [0, 0.1) is 0 Å². The van der Waals surface area contributed by atoms with Gasteiger partial charge in [-0.15, -0.1) is 0 Å². The van der Waals surface area contributed by atoms with Crippen LogP contribution in [0.5, 0.6) is 0 Å². The molecule has 4 heteroatoms. The van der Waals surface area contributed by atoms with E-state index in [1.807, 2.05) is 29.1 Å². The molecule has 3 rings (SSSR count). The summed E-state index contributed by atoms with van der Waals surface area (Å²) in [7, 11) is 0. The van der Waals surface area contributed by atoms with E-state index in [9.17, 15) is 0 Å². The molecule has 100 valence electrons. The third kappa shape index (κ3) is 2.82. The summed E-state index contributed by atoms with van der Waals surface area (Å²) in [5.74, 6) is 0.686. The third-order valence-corrected chi connectivity index (χ3v) is 3.69. The van der Waals surface area contributed by atoms with Gasteiger partial charge < -0.3 is 5.32 Å². The monoisotopic (exact) mass is 275 g/mol. The fraction of sp³-hybridized carbons (Fsp3) is 0.400. The number of hydrogen-bond donors (Lipinski definition) is 1. The predicted molar refractivity (Wildman–Crippen MR) is 77.9 cm³/mol. The van der Waals surface area contributed by atoms with Crippen molar-refractivity contribution in [2.24, 2.45) is 0 Å². The first-order valence-electron chi connectivity index (χ1n) is 6.83. The topological polar surface area (TPSA) is 29.9 Å². The van der Waals surface area contributed by atoms with Crippen LogP contribution < -0.4 is 5.32 Å². The molecule has 3 nitrogen and oxygen atoms in total. The van der Waals surface area contributed by atoms with E-state index in [0.29, 0.717) is 5.92 Å². The van der Waals surface area contributed by atoms with Crippen LogP contribution in [0.15, 0.2) is 30.5 Å². The van der Waals surface area contributed by atoms with Gasteiger partial charge in [-0.1, -0.05) is 18.5 Å². The van der Waals surface area contributed by atoms with Gasteiger partial charge in [-0.3, -0.25) is 0 Å². The van der Waals surface area contributed by atoms with Crippen molar-refractivity contribution in [3.63, 3.8) is 0 Å². The van der Waals surface area contributed by atoms with Crippen molar-refractivity contribution in [1.82, 2.24) is 15.1 Å². The van der Waals surface area contributed by atoms with Gasteiger partial charge in [0.05, 0.1) is 11.4 Å². The van der Waals surface area contributed by atoms with Gasteiger partial charge >= 0.3 is 0 Å². The zero-order valence-electron chi connectivity index (χ0n) is 11.1. The predicted octanol–water partition coefficient (Wildman–Crippen LogP) is 3.51. The minimum atomic E-state index is 0.686. The molecule has 19 heavy (non-hydrogen) atoms. The first-order valence-corrected chi connectivity index (χ1v) is 7.21. The van der Waals surface area contributed by atoms with Crippen LogP contribution in [0.3, 0.4) is 0 Å². The van der Waals surface area contributed by atoms with Crippen molar-refractivity contribution in [2.75, 3.05) is 6.54 Å². The second-order valence-electron chi connectivity index (χ2n) is 5.01. The second-order valence-corrected chi connectivity index (χ2v) is 5.45. The summed E-state index contributed by atoms with van der Waals surface area (Å²) in [4.78, 5) is 0. The number of benzene rings is 1. The Kier molecular flexibility index (Phi) is 3.58. The fourth-order valence-corrected chi connectivity index (χ4v) is 2.44. The molecule has 1 heterocycles. The van der Waals surface area contributed by atoms with E-state index in [1.54, 1.807) is 0 Å². The van der Waals surface area contributed by atoms with E-state index in [4.69, 9.17) is 11.6 Å². The summed E-state index contributed by atoms with van der Waals surface area (Å²) >= 11 is 6.09. The summed E-state index contributed by atoms with van der Waals surface area (Å²) in [6.45, 7) is 3.85. The highest BCUT2D eigenvalue weighted by atomic mass is 35.5. The van der Waals surface area contributed by atoms with Crippen molar-refractivity contribution in [3.05, 3.63) is 46.7 Å². The Balaban J connectivity index is 1.92. The Labute approximate surface area is 118 Å². The second kappa shape index (κ2) is 5.35. The molecule has 1 aromatic carbocycles. The lowest BCUT2D eigenvalue weighted by Gasteiger charge is -2.10. The molecule has 1 N–H and O–H groups in total. The highest BCUT2D eigenvalue weighted by Gasteiger charge is 2.26. The highest BCUT2D eigenvalue weighted by molar-refractivity contribution is 6.30. The molecule has 0 amide bonds. The van der Waals surface area contributed by atoms with Crippen LogP contribution in [0.1, 0.15) is 36.9 Å². The molecule has 1 fully saturated rings. The zero-order chi connectivity index (χ0) is 13.2. The molecule has 0 radical (unpaired) electrons. The number of nitrogens with one attached hydrogen (secondary N) is 1. The Hall–Kier alpha value is -1.32. The van der Waals surface area contributed by atoms with E-state index in [1.165, 1.54) is 24.1 Å². The number of hydrogen-bond acceptors (Lipinski definition) is 2. The van der Waals surface area contributed by atoms with E-state index in [0.717, 1.165) is 23.8 Å². The maximum absolute atomic E-state index is 6.09. The van der Waals surface area contributed by atoms with Crippen molar-refractivity contribution in [1.29, 1.82) is 0 Å². The van der Waals surface area contributed by atoms with Crippen molar-refractivity contribution in [2.45, 2.75) is 32.2 Å². The van der Waals surface area contributed by atoms with E-state index < -0.39 is 0 Å². The molecule has 2 aromatic rings. The molecule has 0 saturated heterocycles. The van der Waals surface area contributed by atoms with Gasteiger partial charge in [0.2, 0.25) is 0 Å². The Morgan fingerprint density at radius 1 is 1.37 bits per heavy atom. The lowest BCUT2D eigenvalue weighted by molar-refractivity contribution is 0.715. The molecule has 1 aromatic heterocycles. The van der Waals surface area contributed by atoms with Gasteiger partial charge in [0, 0.05) is 23.7 Å². The van der Waals surface area contributed by atoms with Gasteiger partial charge in [0.15, 0.2) is 0 Å². The van der Waals surface area contributed by atoms with Crippen LogP contribution in [-0.2, 0) is 6.54 Å². The van der Waals surface area contributed by atoms with Gasteiger partial charge in [0.1, 0.15) is 0 Å². The normalized spacial score (nSPS) is 14.8. The number of halogens is 1. The van der Waals surface area contributed by atoms with Crippen molar-refractivity contribution < 1.29 is 0 Å². The van der Waals surface area contributed by atoms with Crippen LogP contribution in [-0.4, -0.2) is 16.3 Å². The Morgan fingerprint density at radius 3 is 2.95 bits per heavy atom. The molecular formula is C15H18ClN3. The summed E-state index contributed by atoms with van der Waals surface area (Å²) in [5.41, 5.74) is 3.50. The molecule has 1 aliphatic rings. The summed E-state index contributed by atoms with van der Waals surface area (Å²) in [6.07, 6.45) is 4.61. The molecular weight excluding hydrogens is 258 g/mol. The van der Waals surface area contributed by atoms with Crippen LogP contribution in [0.25, 0.3) is 5.69 Å². The van der Waals surface area contributed by atoms with Crippen LogP contribution in [0.2, 0.25) is 5.02 Å². The fourth-order valence-electron chi connectivity index (χ4n) is 2.25. The molecule has 0 spiro atoms. The lowest BCUT2D eigenvalue weighted by Crippen LogP contribution is -2.14. The lowest BCUT2D eigenvalue weighted by atomic mass is 10.2. The summed E-state index contributed by atoms with van der Waals surface area (Å²) < 4.78 is 1.97. The smallest absolute Gasteiger partial charge is 0.0691 e. The number of nitrogens with zero attached hydrogens (tertiary/aromatic N) is 2. The van der Waals surface area contributed by atoms with E-state index in [2.05, 4.69) is 23.4 Å². The van der Waals surface area contributed by atoms with Crippen molar-refractivity contribution >= 4 is 11.6 Å². The molecule has 0 atom stereocenters. The van der Waals surface area contributed by atoms with Gasteiger partial charge in [-0.25, -0.2) is 4.68 Å². The van der Waals surface area contributed by atoms with Crippen LogP contribution in [0.4, 0.5) is 0 Å². The molecule has 1 saturated carbocycles. The van der Waals surface area contributed by atoms with Crippen molar-refractivity contribution in [3.8, 4) is 5.69 Å². The number of aromatic nitrogens is 2. The average molecular weight is 276 g/mol. The SMILES string of the molecule is CCNCc1cc(Cl)ccc1-n1ccc(C2CC2)n1. The van der Waals surface area contributed by atoms with E-state index >= 15 is 0 Å². The Bertz CT molecular complexity index is 573. The Morgan fingerprint density at radius 2 is 2.21 bits per heavy atom. The summed E-state index contributed by atoms with van der Waals surface area (Å²) in [6, 6.07) is 8.10. The van der Waals surface area contributed by atoms with Crippen LogP contribution >= 0.6 is 11.6 Å². The quantitative estimate of drug-likeness (QED) is 0.905. The first kappa shape index (κ1) is 12.7. The van der Waals surface area contributed by atoms with Gasteiger partial charge in [0.25, 0.3) is 0 Å². The maximum Gasteiger partial charge on any atom is 0.0691 e. The molecule has 0 unspecified atom stereocenters. The molecule has 0 bridgehead atoms. The number of rotatable bonds is 5. The van der Waals surface area contributed by atoms with Gasteiger partial charge in [-0.2, -0.15) is 5.10 Å². The standard InChI is InChI=1S/C15H18ClN3/c1-2-17-10-12-9-13(16)5-6-15(12)19-8-7-14(18-19)11-3-4-11/h5-9,11,17H,2-4,10H2,1H3. The van der Waals surface area contributed by atoms with Gasteiger partial charge in [-0.05, 0) is 49.2 Å². The average Bonchev–Trinajstić information content (AvgIpc) is 3.15. The zero-order valence-corrected chi connectivity index (χ0v) is 11.8. The molecule has 0 aliphatic heterocycles. The summed E-state index contributed by atoms with van der Waals surface area (Å²) in [5, 5.41) is 8.80. The minimum Gasteiger partial charge on any atom is -0.313 e. The molecule has 1 aliphatic carbocycles. The highest BCUT2D eigenvalue weighted by Crippen LogP contribution is 2.39. The van der Waals surface area contributed by atoms with E-state index in [-0.39, 0.29) is 0 Å². The minimum absolute atomic E-state index is 0.686.